The zero-order valence-electron chi connectivity index (χ0n) is 16.6. The van der Waals surface area contributed by atoms with Gasteiger partial charge in [-0.25, -0.2) is 4.79 Å². The zero-order chi connectivity index (χ0) is 21.1. The Hall–Kier alpha value is -3.80. The van der Waals surface area contributed by atoms with Gasteiger partial charge < -0.3 is 18.6 Å². The Bertz CT molecular complexity index is 1270. The third-order valence-electron chi connectivity index (χ3n) is 4.59. The minimum atomic E-state index is -0.773. The third kappa shape index (κ3) is 3.98. The van der Waals surface area contributed by atoms with Gasteiger partial charge in [-0.1, -0.05) is 30.3 Å². The van der Waals surface area contributed by atoms with Crippen molar-refractivity contribution in [3.05, 3.63) is 77.2 Å². The lowest BCUT2D eigenvalue weighted by Crippen LogP contribution is -2.26. The van der Waals surface area contributed by atoms with Gasteiger partial charge in [-0.05, 0) is 48.9 Å². The molecule has 0 saturated carbocycles. The molecule has 1 aromatic heterocycles. The molecule has 0 aliphatic rings. The van der Waals surface area contributed by atoms with Gasteiger partial charge >= 0.3 is 5.97 Å². The van der Waals surface area contributed by atoms with Gasteiger partial charge in [0, 0.05) is 6.07 Å². The van der Waals surface area contributed by atoms with E-state index in [9.17, 15) is 9.59 Å². The van der Waals surface area contributed by atoms with E-state index < -0.39 is 12.1 Å². The van der Waals surface area contributed by atoms with Crippen LogP contribution in [0.2, 0.25) is 0 Å². The minimum Gasteiger partial charge on any atom is -0.479 e. The average Bonchev–Trinajstić information content (AvgIpc) is 2.76. The molecule has 0 aliphatic carbocycles. The van der Waals surface area contributed by atoms with Crippen molar-refractivity contribution in [2.75, 3.05) is 6.61 Å². The standard InChI is InChI=1S/C24H20O6/c1-3-27-24(26)15(2)29-19-10-11-20-21(13-19)28-14-22(23(20)25)30-18-9-8-16-6-4-5-7-17(16)12-18/h4-15H,3H2,1-2H3/t15-/m1/s1. The van der Waals surface area contributed by atoms with Crippen molar-refractivity contribution in [3.63, 3.8) is 0 Å². The Kier molecular flexibility index (Phi) is 5.39. The Morgan fingerprint density at radius 2 is 1.77 bits per heavy atom. The van der Waals surface area contributed by atoms with Crippen LogP contribution in [0.5, 0.6) is 17.2 Å². The van der Waals surface area contributed by atoms with Crippen LogP contribution in [-0.4, -0.2) is 18.7 Å². The van der Waals surface area contributed by atoms with Crippen molar-refractivity contribution in [3.8, 4) is 17.2 Å². The first kappa shape index (κ1) is 19.5. The van der Waals surface area contributed by atoms with Crippen molar-refractivity contribution in [1.82, 2.24) is 0 Å². The van der Waals surface area contributed by atoms with Gasteiger partial charge in [0.05, 0.1) is 12.0 Å². The summed E-state index contributed by atoms with van der Waals surface area (Å²) in [5.41, 5.74) is 0.0359. The van der Waals surface area contributed by atoms with Gasteiger partial charge in [0.1, 0.15) is 23.3 Å². The van der Waals surface area contributed by atoms with Gasteiger partial charge in [0.15, 0.2) is 6.10 Å². The SMILES string of the molecule is CCOC(=O)[C@@H](C)Oc1ccc2c(=O)c(Oc3ccc4ccccc4c3)coc2c1. The van der Waals surface area contributed by atoms with Crippen LogP contribution in [0.3, 0.4) is 0 Å². The molecule has 0 aliphatic heterocycles. The first-order chi connectivity index (χ1) is 14.5. The molecule has 3 aromatic carbocycles. The number of carbonyl (C=O) groups excluding carboxylic acids is 1. The zero-order valence-corrected chi connectivity index (χ0v) is 16.6. The summed E-state index contributed by atoms with van der Waals surface area (Å²) in [4.78, 5) is 24.6. The summed E-state index contributed by atoms with van der Waals surface area (Å²) in [5.74, 6) is 0.572. The minimum absolute atomic E-state index is 0.0892. The predicted octanol–water partition coefficient (Wildman–Crippen LogP) is 5.07. The second kappa shape index (κ2) is 8.29. The van der Waals surface area contributed by atoms with E-state index in [1.165, 1.54) is 6.26 Å². The molecule has 4 rings (SSSR count). The third-order valence-corrected chi connectivity index (χ3v) is 4.59. The normalized spacial score (nSPS) is 11.9. The molecule has 0 saturated heterocycles. The lowest BCUT2D eigenvalue weighted by molar-refractivity contribution is -0.150. The number of carbonyl (C=O) groups is 1. The lowest BCUT2D eigenvalue weighted by Gasteiger charge is -2.13. The molecule has 30 heavy (non-hydrogen) atoms. The largest absolute Gasteiger partial charge is 0.479 e. The van der Waals surface area contributed by atoms with Crippen LogP contribution in [0, 0.1) is 0 Å². The summed E-state index contributed by atoms with van der Waals surface area (Å²) >= 11 is 0. The smallest absolute Gasteiger partial charge is 0.347 e. The lowest BCUT2D eigenvalue weighted by atomic mass is 10.1. The van der Waals surface area contributed by atoms with Crippen LogP contribution in [-0.2, 0) is 9.53 Å². The quantitative estimate of drug-likeness (QED) is 0.418. The van der Waals surface area contributed by atoms with E-state index in [1.54, 1.807) is 38.1 Å². The molecule has 152 valence electrons. The molecular weight excluding hydrogens is 384 g/mol. The molecule has 1 heterocycles. The molecular formula is C24H20O6. The van der Waals surface area contributed by atoms with E-state index in [-0.39, 0.29) is 17.8 Å². The van der Waals surface area contributed by atoms with Crippen LogP contribution in [0.25, 0.3) is 21.7 Å². The number of hydrogen-bond acceptors (Lipinski definition) is 6. The fraction of sp³-hybridized carbons (Fsp3) is 0.167. The van der Waals surface area contributed by atoms with Crippen molar-refractivity contribution in [2.45, 2.75) is 20.0 Å². The molecule has 6 heteroatoms. The first-order valence-corrected chi connectivity index (χ1v) is 9.60. The van der Waals surface area contributed by atoms with Crippen LogP contribution < -0.4 is 14.9 Å². The number of rotatable bonds is 6. The molecule has 0 bridgehead atoms. The summed E-state index contributed by atoms with van der Waals surface area (Å²) in [6, 6.07) is 18.2. The maximum absolute atomic E-state index is 12.8. The number of ether oxygens (including phenoxy) is 3. The number of hydrogen-bond donors (Lipinski definition) is 0. The highest BCUT2D eigenvalue weighted by Crippen LogP contribution is 2.27. The van der Waals surface area contributed by atoms with Crippen molar-refractivity contribution in [2.24, 2.45) is 0 Å². The molecule has 0 unspecified atom stereocenters. The molecule has 1 atom stereocenters. The maximum Gasteiger partial charge on any atom is 0.347 e. The van der Waals surface area contributed by atoms with Gasteiger partial charge in [-0.2, -0.15) is 0 Å². The number of fused-ring (bicyclic) bond motifs is 2. The topological polar surface area (TPSA) is 75.0 Å². The van der Waals surface area contributed by atoms with Gasteiger partial charge in [0.25, 0.3) is 0 Å². The Labute approximate surface area is 172 Å². The average molecular weight is 404 g/mol. The van der Waals surface area contributed by atoms with E-state index in [1.807, 2.05) is 36.4 Å². The summed E-state index contributed by atoms with van der Waals surface area (Å²) in [6.45, 7) is 3.60. The Morgan fingerprint density at radius 1 is 1.00 bits per heavy atom. The highest BCUT2D eigenvalue weighted by molar-refractivity contribution is 5.84. The van der Waals surface area contributed by atoms with E-state index in [2.05, 4.69) is 0 Å². The predicted molar refractivity (Wildman–Crippen MR) is 113 cm³/mol. The molecule has 0 N–H and O–H groups in total. The van der Waals surface area contributed by atoms with Crippen LogP contribution in [0.1, 0.15) is 13.8 Å². The maximum atomic E-state index is 12.8. The highest BCUT2D eigenvalue weighted by Gasteiger charge is 2.17. The summed E-state index contributed by atoms with van der Waals surface area (Å²) in [7, 11) is 0. The highest BCUT2D eigenvalue weighted by atomic mass is 16.6. The molecule has 0 radical (unpaired) electrons. The fourth-order valence-electron chi connectivity index (χ4n) is 3.10. The van der Waals surface area contributed by atoms with Gasteiger partial charge in [-0.15, -0.1) is 0 Å². The molecule has 0 fully saturated rings. The summed E-state index contributed by atoms with van der Waals surface area (Å²) in [6.07, 6.45) is 0.503. The Morgan fingerprint density at radius 3 is 2.57 bits per heavy atom. The number of esters is 1. The monoisotopic (exact) mass is 404 g/mol. The van der Waals surface area contributed by atoms with Crippen molar-refractivity contribution in [1.29, 1.82) is 0 Å². The number of benzene rings is 3. The van der Waals surface area contributed by atoms with E-state index in [0.717, 1.165) is 10.8 Å². The summed E-state index contributed by atoms with van der Waals surface area (Å²) < 4.78 is 21.9. The second-order valence-electron chi connectivity index (χ2n) is 6.71. The molecule has 4 aromatic rings. The molecule has 0 amide bonds. The van der Waals surface area contributed by atoms with Crippen LogP contribution in [0.4, 0.5) is 0 Å². The first-order valence-electron chi connectivity index (χ1n) is 9.60. The van der Waals surface area contributed by atoms with Crippen LogP contribution >= 0.6 is 0 Å². The fourth-order valence-corrected chi connectivity index (χ4v) is 3.10. The Balaban J connectivity index is 1.59. The van der Waals surface area contributed by atoms with Gasteiger partial charge in [0.2, 0.25) is 11.2 Å². The summed E-state index contributed by atoms with van der Waals surface area (Å²) in [5, 5.41) is 2.45. The van der Waals surface area contributed by atoms with Crippen molar-refractivity contribution >= 4 is 27.7 Å². The van der Waals surface area contributed by atoms with Crippen LogP contribution in [0.15, 0.2) is 76.1 Å². The molecule has 0 spiro atoms. The second-order valence-corrected chi connectivity index (χ2v) is 6.71. The molecule has 6 nitrogen and oxygen atoms in total. The van der Waals surface area contributed by atoms with Crippen molar-refractivity contribution < 1.29 is 23.4 Å². The van der Waals surface area contributed by atoms with E-state index in [0.29, 0.717) is 22.5 Å². The van der Waals surface area contributed by atoms with E-state index >= 15 is 0 Å². The van der Waals surface area contributed by atoms with E-state index in [4.69, 9.17) is 18.6 Å². The van der Waals surface area contributed by atoms with Gasteiger partial charge in [-0.3, -0.25) is 4.79 Å².